The van der Waals surface area contributed by atoms with Crippen molar-refractivity contribution < 1.29 is 4.39 Å². The van der Waals surface area contributed by atoms with Crippen molar-refractivity contribution in [2.75, 3.05) is 0 Å². The number of aromatic nitrogens is 1. The molecule has 0 bridgehead atoms. The van der Waals surface area contributed by atoms with Gasteiger partial charge in [-0.15, -0.1) is 0 Å². The first kappa shape index (κ1) is 9.96. The number of hydrogen-bond acceptors (Lipinski definition) is 1. The summed E-state index contributed by atoms with van der Waals surface area (Å²) in [6, 6.07) is 1.65. The fraction of sp³-hybridized carbons (Fsp3) is 0.500. The maximum atomic E-state index is 13.4. The van der Waals surface area contributed by atoms with Crippen molar-refractivity contribution in [3.05, 3.63) is 34.0 Å². The third-order valence-electron chi connectivity index (χ3n) is 2.02. The molecule has 1 rings (SSSR count). The molecular weight excluding hydrogens is 169 g/mol. The van der Waals surface area contributed by atoms with E-state index in [0.717, 1.165) is 0 Å². The average Bonchev–Trinajstić information content (AvgIpc) is 1.98. The molecule has 13 heavy (non-hydrogen) atoms. The van der Waals surface area contributed by atoms with Crippen LogP contribution in [-0.4, -0.2) is 4.57 Å². The molecule has 0 fully saturated rings. The Labute approximate surface area is 77.0 Å². The topological polar surface area (TPSA) is 22.0 Å². The van der Waals surface area contributed by atoms with Crippen molar-refractivity contribution in [3.63, 3.8) is 0 Å². The molecule has 0 aliphatic rings. The fourth-order valence-corrected chi connectivity index (χ4v) is 1.18. The van der Waals surface area contributed by atoms with E-state index in [2.05, 4.69) is 0 Å². The predicted molar refractivity (Wildman–Crippen MR) is 50.3 cm³/mol. The first-order valence-corrected chi connectivity index (χ1v) is 4.19. The molecule has 0 saturated heterocycles. The van der Waals surface area contributed by atoms with Crippen molar-refractivity contribution in [2.45, 2.75) is 26.2 Å². The van der Waals surface area contributed by atoms with Crippen LogP contribution in [0.1, 0.15) is 26.3 Å². The van der Waals surface area contributed by atoms with Gasteiger partial charge in [0, 0.05) is 18.8 Å². The van der Waals surface area contributed by atoms with Gasteiger partial charge >= 0.3 is 0 Å². The van der Waals surface area contributed by atoms with E-state index in [-0.39, 0.29) is 5.41 Å². The van der Waals surface area contributed by atoms with E-state index in [9.17, 15) is 9.18 Å². The van der Waals surface area contributed by atoms with Crippen molar-refractivity contribution in [3.8, 4) is 0 Å². The highest BCUT2D eigenvalue weighted by Crippen LogP contribution is 2.22. The summed E-state index contributed by atoms with van der Waals surface area (Å²) in [5, 5.41) is 0. The lowest BCUT2D eigenvalue weighted by Crippen LogP contribution is -2.26. The smallest absolute Gasteiger partial charge is 0.286 e. The molecule has 0 atom stereocenters. The minimum Gasteiger partial charge on any atom is -0.316 e. The Bertz CT molecular complexity index is 373. The second-order valence-corrected chi connectivity index (χ2v) is 4.21. The van der Waals surface area contributed by atoms with Crippen LogP contribution in [0.4, 0.5) is 4.39 Å². The lowest BCUT2D eigenvalue weighted by Gasteiger charge is -2.19. The Morgan fingerprint density at radius 1 is 1.38 bits per heavy atom. The summed E-state index contributed by atoms with van der Waals surface area (Å²) < 4.78 is 14.7. The zero-order valence-electron chi connectivity index (χ0n) is 8.39. The van der Waals surface area contributed by atoms with Gasteiger partial charge in [0.2, 0.25) is 0 Å². The summed E-state index contributed by atoms with van der Waals surface area (Å²) in [5.41, 5.74) is -0.416. The molecule has 1 heterocycles. The third kappa shape index (κ3) is 1.79. The number of hydrogen-bond donors (Lipinski definition) is 0. The van der Waals surface area contributed by atoms with Crippen LogP contribution in [0.2, 0.25) is 0 Å². The second kappa shape index (κ2) is 2.98. The zero-order valence-corrected chi connectivity index (χ0v) is 8.39. The monoisotopic (exact) mass is 183 g/mol. The molecule has 0 aliphatic heterocycles. The fourth-order valence-electron chi connectivity index (χ4n) is 1.18. The van der Waals surface area contributed by atoms with E-state index in [0.29, 0.717) is 5.56 Å². The number of rotatable bonds is 0. The molecule has 0 N–H and O–H groups in total. The number of nitrogens with zero attached hydrogens (tertiary/aromatic N) is 1. The molecule has 1 aromatic heterocycles. The average molecular weight is 183 g/mol. The van der Waals surface area contributed by atoms with Crippen molar-refractivity contribution >= 4 is 0 Å². The highest BCUT2D eigenvalue weighted by molar-refractivity contribution is 5.21. The first-order valence-electron chi connectivity index (χ1n) is 4.19. The van der Waals surface area contributed by atoms with Gasteiger partial charge in [-0.25, -0.2) is 4.39 Å². The molecule has 2 nitrogen and oxygen atoms in total. The Morgan fingerprint density at radius 3 is 2.38 bits per heavy atom. The molecule has 3 heteroatoms. The first-order chi connectivity index (χ1) is 5.84. The molecule has 0 saturated carbocycles. The van der Waals surface area contributed by atoms with Gasteiger partial charge in [0.15, 0.2) is 5.82 Å². The Kier molecular flexibility index (Phi) is 2.28. The second-order valence-electron chi connectivity index (χ2n) is 4.21. The van der Waals surface area contributed by atoms with Crippen LogP contribution in [0.5, 0.6) is 0 Å². The van der Waals surface area contributed by atoms with Crippen molar-refractivity contribution in [1.29, 1.82) is 0 Å². The van der Waals surface area contributed by atoms with E-state index in [1.165, 1.54) is 11.6 Å². The molecule has 0 amide bonds. The van der Waals surface area contributed by atoms with Crippen LogP contribution >= 0.6 is 0 Å². The highest BCUT2D eigenvalue weighted by atomic mass is 19.1. The van der Waals surface area contributed by atoms with E-state index >= 15 is 0 Å². The molecule has 0 aliphatic carbocycles. The summed E-state index contributed by atoms with van der Waals surface area (Å²) in [6.07, 6.45) is 1.59. The summed E-state index contributed by atoms with van der Waals surface area (Å²) in [4.78, 5) is 11.2. The normalized spacial score (nSPS) is 11.8. The quantitative estimate of drug-likeness (QED) is 0.601. The summed E-state index contributed by atoms with van der Waals surface area (Å²) in [6.45, 7) is 5.64. The van der Waals surface area contributed by atoms with E-state index < -0.39 is 11.4 Å². The summed E-state index contributed by atoms with van der Waals surface area (Å²) in [7, 11) is 1.54. The van der Waals surface area contributed by atoms with Crippen LogP contribution in [0.15, 0.2) is 17.1 Å². The van der Waals surface area contributed by atoms with Gasteiger partial charge in [0.1, 0.15) is 0 Å². The Hall–Kier alpha value is -1.12. The standard InChI is InChI=1S/C10H14FNO/c1-10(2,3)7-5-6-12(4)9(13)8(7)11/h5-6H,1-4H3. The zero-order chi connectivity index (χ0) is 10.2. The van der Waals surface area contributed by atoms with Crippen LogP contribution in [0.25, 0.3) is 0 Å². The van der Waals surface area contributed by atoms with Crippen LogP contribution in [0, 0.1) is 5.82 Å². The van der Waals surface area contributed by atoms with Crippen LogP contribution < -0.4 is 5.56 Å². The van der Waals surface area contributed by atoms with Gasteiger partial charge in [-0.1, -0.05) is 20.8 Å². The molecule has 0 unspecified atom stereocenters. The van der Waals surface area contributed by atoms with Crippen LogP contribution in [-0.2, 0) is 12.5 Å². The molecular formula is C10H14FNO. The molecule has 72 valence electrons. The SMILES string of the molecule is Cn1ccc(C(C)(C)C)c(F)c1=O. The van der Waals surface area contributed by atoms with Gasteiger partial charge < -0.3 is 4.57 Å². The van der Waals surface area contributed by atoms with Gasteiger partial charge in [-0.2, -0.15) is 0 Å². The predicted octanol–water partition coefficient (Wildman–Crippen LogP) is 1.82. The van der Waals surface area contributed by atoms with Gasteiger partial charge in [0.25, 0.3) is 5.56 Å². The minimum absolute atomic E-state index is 0.322. The number of pyridine rings is 1. The molecule has 0 radical (unpaired) electrons. The van der Waals surface area contributed by atoms with Crippen molar-refractivity contribution in [1.82, 2.24) is 4.57 Å². The Morgan fingerprint density at radius 2 is 1.92 bits per heavy atom. The minimum atomic E-state index is -0.641. The van der Waals surface area contributed by atoms with E-state index in [1.54, 1.807) is 12.3 Å². The van der Waals surface area contributed by atoms with Gasteiger partial charge in [-0.3, -0.25) is 4.79 Å². The van der Waals surface area contributed by atoms with E-state index in [1.807, 2.05) is 20.8 Å². The van der Waals surface area contributed by atoms with Crippen molar-refractivity contribution in [2.24, 2.45) is 7.05 Å². The molecule has 0 spiro atoms. The van der Waals surface area contributed by atoms with Crippen LogP contribution in [0.3, 0.4) is 0 Å². The number of aryl methyl sites for hydroxylation is 1. The maximum absolute atomic E-state index is 13.4. The van der Waals surface area contributed by atoms with E-state index in [4.69, 9.17) is 0 Å². The lowest BCUT2D eigenvalue weighted by molar-refractivity contribution is 0.504. The van der Waals surface area contributed by atoms with Gasteiger partial charge in [-0.05, 0) is 11.5 Å². The largest absolute Gasteiger partial charge is 0.316 e. The Balaban J connectivity index is 3.44. The third-order valence-corrected chi connectivity index (χ3v) is 2.02. The maximum Gasteiger partial charge on any atom is 0.286 e. The number of halogens is 1. The summed E-state index contributed by atoms with van der Waals surface area (Å²) in [5.74, 6) is -0.641. The molecule has 0 aromatic carbocycles. The summed E-state index contributed by atoms with van der Waals surface area (Å²) >= 11 is 0. The highest BCUT2D eigenvalue weighted by Gasteiger charge is 2.20. The lowest BCUT2D eigenvalue weighted by atomic mass is 9.87. The van der Waals surface area contributed by atoms with Gasteiger partial charge in [0.05, 0.1) is 0 Å². The molecule has 1 aromatic rings.